The van der Waals surface area contributed by atoms with Crippen molar-refractivity contribution in [3.05, 3.63) is 58.4 Å². The molecule has 1 aliphatic rings. The van der Waals surface area contributed by atoms with Gasteiger partial charge in [-0.15, -0.1) is 0 Å². The van der Waals surface area contributed by atoms with E-state index in [1.165, 1.54) is 17.5 Å². The molecule has 1 atom stereocenters. The molecule has 26 heavy (non-hydrogen) atoms. The maximum Gasteiger partial charge on any atom is 0.246 e. The van der Waals surface area contributed by atoms with Crippen molar-refractivity contribution in [2.24, 2.45) is 5.92 Å². The summed E-state index contributed by atoms with van der Waals surface area (Å²) >= 11 is 0. The first-order valence-electron chi connectivity index (χ1n) is 9.50. The number of carbonyl (C=O) groups excluding carboxylic acids is 1. The van der Waals surface area contributed by atoms with E-state index in [0.29, 0.717) is 5.92 Å². The van der Waals surface area contributed by atoms with Crippen LogP contribution in [-0.2, 0) is 11.3 Å². The fourth-order valence-electron chi connectivity index (χ4n) is 3.62. The summed E-state index contributed by atoms with van der Waals surface area (Å²) in [5.74, 6) is 0.712. The third kappa shape index (κ3) is 4.24. The molecule has 0 saturated carbocycles. The maximum atomic E-state index is 12.5. The summed E-state index contributed by atoms with van der Waals surface area (Å²) in [5, 5.41) is 4.67. The Morgan fingerprint density at radius 1 is 1.23 bits per heavy atom. The van der Waals surface area contributed by atoms with E-state index in [2.05, 4.69) is 50.1 Å². The van der Waals surface area contributed by atoms with E-state index in [1.807, 2.05) is 22.6 Å². The van der Waals surface area contributed by atoms with Crippen LogP contribution in [0.5, 0.6) is 0 Å². The summed E-state index contributed by atoms with van der Waals surface area (Å²) < 4.78 is 2.02. The lowest BCUT2D eigenvalue weighted by atomic mass is 10.0. The number of likely N-dealkylation sites (tertiary alicyclic amines) is 1. The van der Waals surface area contributed by atoms with E-state index < -0.39 is 0 Å². The summed E-state index contributed by atoms with van der Waals surface area (Å²) in [4.78, 5) is 14.4. The van der Waals surface area contributed by atoms with Gasteiger partial charge in [0, 0.05) is 30.4 Å². The van der Waals surface area contributed by atoms with Crippen LogP contribution in [0.1, 0.15) is 47.8 Å². The quantitative estimate of drug-likeness (QED) is 0.777. The summed E-state index contributed by atoms with van der Waals surface area (Å²) in [6.45, 7) is 10.9. The van der Waals surface area contributed by atoms with E-state index in [0.717, 1.165) is 43.0 Å². The molecule has 3 rings (SSSR count). The number of rotatable bonds is 4. The van der Waals surface area contributed by atoms with Gasteiger partial charge >= 0.3 is 0 Å². The number of piperidine rings is 1. The molecular formula is C22H29N3O. The predicted octanol–water partition coefficient (Wildman–Crippen LogP) is 4.13. The maximum absolute atomic E-state index is 12.5. The molecule has 4 nitrogen and oxygen atoms in total. The standard InChI is InChI=1S/C22H29N3O/c1-16-7-9-20(10-8-16)15-25-19(4)21(18(3)23-25)11-12-22(26)24-13-5-6-17(2)14-24/h7-12,17H,5-6,13-15H2,1-4H3/b12-11+. The summed E-state index contributed by atoms with van der Waals surface area (Å²) in [5.41, 5.74) is 5.60. The second kappa shape index (κ2) is 7.90. The summed E-state index contributed by atoms with van der Waals surface area (Å²) in [6, 6.07) is 8.53. The van der Waals surface area contributed by atoms with Crippen molar-refractivity contribution in [1.82, 2.24) is 14.7 Å². The van der Waals surface area contributed by atoms with Crippen molar-refractivity contribution in [3.63, 3.8) is 0 Å². The van der Waals surface area contributed by atoms with E-state index in [1.54, 1.807) is 6.08 Å². The first kappa shape index (κ1) is 18.4. The Morgan fingerprint density at radius 2 is 1.96 bits per heavy atom. The Kier molecular flexibility index (Phi) is 5.60. The van der Waals surface area contributed by atoms with Crippen LogP contribution in [0.4, 0.5) is 0 Å². The minimum atomic E-state index is 0.113. The van der Waals surface area contributed by atoms with Crippen molar-refractivity contribution < 1.29 is 4.79 Å². The monoisotopic (exact) mass is 351 g/mol. The van der Waals surface area contributed by atoms with Gasteiger partial charge in [0.05, 0.1) is 12.2 Å². The fourth-order valence-corrected chi connectivity index (χ4v) is 3.62. The van der Waals surface area contributed by atoms with Crippen LogP contribution in [0.15, 0.2) is 30.3 Å². The van der Waals surface area contributed by atoms with Gasteiger partial charge in [-0.3, -0.25) is 9.48 Å². The minimum Gasteiger partial charge on any atom is -0.339 e. The number of benzene rings is 1. The van der Waals surface area contributed by atoms with Crippen molar-refractivity contribution in [3.8, 4) is 0 Å². The van der Waals surface area contributed by atoms with Gasteiger partial charge in [0.1, 0.15) is 0 Å². The zero-order valence-corrected chi connectivity index (χ0v) is 16.3. The molecular weight excluding hydrogens is 322 g/mol. The van der Waals surface area contributed by atoms with E-state index >= 15 is 0 Å². The van der Waals surface area contributed by atoms with Gasteiger partial charge in [-0.05, 0) is 51.2 Å². The highest BCUT2D eigenvalue weighted by molar-refractivity contribution is 5.92. The third-order valence-electron chi connectivity index (χ3n) is 5.25. The fraction of sp³-hybridized carbons (Fsp3) is 0.455. The van der Waals surface area contributed by atoms with E-state index in [9.17, 15) is 4.79 Å². The average Bonchev–Trinajstić information content (AvgIpc) is 2.88. The minimum absolute atomic E-state index is 0.113. The number of amides is 1. The number of hydrogen-bond donors (Lipinski definition) is 0. The molecule has 1 amide bonds. The molecule has 1 fully saturated rings. The Bertz CT molecular complexity index is 802. The molecule has 1 unspecified atom stereocenters. The van der Waals surface area contributed by atoms with Gasteiger partial charge in [0.2, 0.25) is 5.91 Å². The van der Waals surface area contributed by atoms with Crippen molar-refractivity contribution in [2.45, 2.75) is 47.1 Å². The second-order valence-electron chi connectivity index (χ2n) is 7.59. The number of aryl methyl sites for hydroxylation is 2. The van der Waals surface area contributed by atoms with E-state index in [-0.39, 0.29) is 5.91 Å². The van der Waals surface area contributed by atoms with Crippen molar-refractivity contribution in [2.75, 3.05) is 13.1 Å². The van der Waals surface area contributed by atoms with Gasteiger partial charge in [-0.2, -0.15) is 5.10 Å². The number of aromatic nitrogens is 2. The van der Waals surface area contributed by atoms with Crippen LogP contribution in [0.3, 0.4) is 0 Å². The zero-order valence-electron chi connectivity index (χ0n) is 16.3. The molecule has 0 spiro atoms. The number of hydrogen-bond acceptors (Lipinski definition) is 2. The van der Waals surface area contributed by atoms with Crippen molar-refractivity contribution in [1.29, 1.82) is 0 Å². The Labute approximate surface area is 156 Å². The lowest BCUT2D eigenvalue weighted by Gasteiger charge is -2.30. The molecule has 0 aliphatic carbocycles. The highest BCUT2D eigenvalue weighted by Crippen LogP contribution is 2.19. The predicted molar refractivity (Wildman–Crippen MR) is 106 cm³/mol. The van der Waals surface area contributed by atoms with Crippen LogP contribution in [0.25, 0.3) is 6.08 Å². The van der Waals surface area contributed by atoms with Crippen LogP contribution < -0.4 is 0 Å². The molecule has 0 radical (unpaired) electrons. The van der Waals surface area contributed by atoms with Crippen LogP contribution in [-0.4, -0.2) is 33.7 Å². The topological polar surface area (TPSA) is 38.1 Å². The Morgan fingerprint density at radius 3 is 2.65 bits per heavy atom. The molecule has 4 heteroatoms. The molecule has 1 aromatic carbocycles. The highest BCUT2D eigenvalue weighted by atomic mass is 16.2. The molecule has 1 aromatic heterocycles. The van der Waals surface area contributed by atoms with Gasteiger partial charge < -0.3 is 4.90 Å². The Hall–Kier alpha value is -2.36. The molecule has 1 aliphatic heterocycles. The third-order valence-corrected chi connectivity index (χ3v) is 5.25. The van der Waals surface area contributed by atoms with Crippen LogP contribution >= 0.6 is 0 Å². The molecule has 2 aromatic rings. The first-order valence-corrected chi connectivity index (χ1v) is 9.50. The highest BCUT2D eigenvalue weighted by Gasteiger charge is 2.19. The van der Waals surface area contributed by atoms with E-state index in [4.69, 9.17) is 0 Å². The molecule has 1 saturated heterocycles. The molecule has 2 heterocycles. The SMILES string of the molecule is Cc1ccc(Cn2nc(C)c(/C=C/C(=O)N3CCCC(C)C3)c2C)cc1. The normalized spacial score (nSPS) is 17.8. The smallest absolute Gasteiger partial charge is 0.246 e. The molecule has 0 N–H and O–H groups in total. The van der Waals surface area contributed by atoms with Gasteiger partial charge in [0.25, 0.3) is 0 Å². The lowest BCUT2D eigenvalue weighted by molar-refractivity contribution is -0.127. The molecule has 138 valence electrons. The van der Waals surface area contributed by atoms with Gasteiger partial charge in [-0.25, -0.2) is 0 Å². The average molecular weight is 351 g/mol. The largest absolute Gasteiger partial charge is 0.339 e. The van der Waals surface area contributed by atoms with Gasteiger partial charge in [-0.1, -0.05) is 36.8 Å². The zero-order chi connectivity index (χ0) is 18.7. The Balaban J connectivity index is 1.73. The van der Waals surface area contributed by atoms with Crippen LogP contribution in [0.2, 0.25) is 0 Å². The second-order valence-corrected chi connectivity index (χ2v) is 7.59. The molecule has 0 bridgehead atoms. The lowest BCUT2D eigenvalue weighted by Crippen LogP contribution is -2.38. The first-order chi connectivity index (χ1) is 12.4. The number of carbonyl (C=O) groups is 1. The van der Waals surface area contributed by atoms with Crippen molar-refractivity contribution >= 4 is 12.0 Å². The number of nitrogens with zero attached hydrogens (tertiary/aromatic N) is 3. The van der Waals surface area contributed by atoms with Gasteiger partial charge in [0.15, 0.2) is 0 Å². The summed E-state index contributed by atoms with van der Waals surface area (Å²) in [7, 11) is 0. The summed E-state index contributed by atoms with van der Waals surface area (Å²) in [6.07, 6.45) is 5.97. The van der Waals surface area contributed by atoms with Crippen LogP contribution in [0, 0.1) is 26.7 Å².